The summed E-state index contributed by atoms with van der Waals surface area (Å²) in [4.78, 5) is 11.4. The molecule has 23 heavy (non-hydrogen) atoms. The van der Waals surface area contributed by atoms with Crippen LogP contribution in [0.3, 0.4) is 0 Å². The van der Waals surface area contributed by atoms with Crippen molar-refractivity contribution >= 4 is 5.82 Å². The maximum atomic E-state index is 13.9. The molecule has 2 heterocycles. The predicted molar refractivity (Wildman–Crippen MR) is 84.5 cm³/mol. The molecule has 2 aromatic rings. The lowest BCUT2D eigenvalue weighted by Crippen LogP contribution is -2.33. The first kappa shape index (κ1) is 14.5. The van der Waals surface area contributed by atoms with Gasteiger partial charge in [-0.3, -0.25) is 0 Å². The number of rotatable bonds is 1. The lowest BCUT2D eigenvalue weighted by atomic mass is 9.94. The van der Waals surface area contributed by atoms with Crippen LogP contribution in [-0.2, 0) is 25.8 Å². The summed E-state index contributed by atoms with van der Waals surface area (Å²) in [6.45, 7) is 3.13. The van der Waals surface area contributed by atoms with Gasteiger partial charge in [-0.25, -0.2) is 18.7 Å². The summed E-state index contributed by atoms with van der Waals surface area (Å²) in [6, 6.07) is 2.43. The highest BCUT2D eigenvalue weighted by atomic mass is 19.1. The van der Waals surface area contributed by atoms with Crippen molar-refractivity contribution in [1.82, 2.24) is 9.97 Å². The van der Waals surface area contributed by atoms with Crippen molar-refractivity contribution in [3.63, 3.8) is 0 Å². The first-order chi connectivity index (χ1) is 11.1. The SMILES string of the molecule is Cc1nc2c(c(N3CCc4c(F)cc(F)cc4C3)n1)CCCC2. The van der Waals surface area contributed by atoms with Gasteiger partial charge in [0.05, 0.1) is 0 Å². The van der Waals surface area contributed by atoms with Gasteiger partial charge in [-0.15, -0.1) is 0 Å². The largest absolute Gasteiger partial charge is 0.352 e. The summed E-state index contributed by atoms with van der Waals surface area (Å²) in [6.07, 6.45) is 4.90. The van der Waals surface area contributed by atoms with Crippen LogP contribution in [0.4, 0.5) is 14.6 Å². The van der Waals surface area contributed by atoms with Crippen molar-refractivity contribution in [1.29, 1.82) is 0 Å². The van der Waals surface area contributed by atoms with Crippen LogP contribution in [0.1, 0.15) is 41.1 Å². The number of anilines is 1. The summed E-state index contributed by atoms with van der Waals surface area (Å²) < 4.78 is 27.5. The molecule has 0 unspecified atom stereocenters. The zero-order chi connectivity index (χ0) is 16.0. The predicted octanol–water partition coefficient (Wildman–Crippen LogP) is 3.50. The summed E-state index contributed by atoms with van der Waals surface area (Å²) in [5.41, 5.74) is 3.74. The third-order valence-corrected chi connectivity index (χ3v) is 4.82. The van der Waals surface area contributed by atoms with Crippen molar-refractivity contribution in [2.75, 3.05) is 11.4 Å². The minimum Gasteiger partial charge on any atom is -0.352 e. The van der Waals surface area contributed by atoms with E-state index in [4.69, 9.17) is 0 Å². The third kappa shape index (κ3) is 2.58. The number of fused-ring (bicyclic) bond motifs is 2. The number of aryl methyl sites for hydroxylation is 2. The van der Waals surface area contributed by atoms with Gasteiger partial charge in [0.15, 0.2) is 0 Å². The Balaban J connectivity index is 1.74. The monoisotopic (exact) mass is 315 g/mol. The van der Waals surface area contributed by atoms with Crippen LogP contribution >= 0.6 is 0 Å². The van der Waals surface area contributed by atoms with Crippen molar-refractivity contribution in [3.8, 4) is 0 Å². The molecular formula is C18H19F2N3. The molecule has 0 saturated heterocycles. The van der Waals surface area contributed by atoms with Gasteiger partial charge in [0.1, 0.15) is 23.3 Å². The number of halogens is 2. The molecule has 0 bridgehead atoms. The third-order valence-electron chi connectivity index (χ3n) is 4.82. The number of hydrogen-bond acceptors (Lipinski definition) is 3. The van der Waals surface area contributed by atoms with E-state index in [1.807, 2.05) is 6.92 Å². The fourth-order valence-electron chi connectivity index (χ4n) is 3.75. The van der Waals surface area contributed by atoms with E-state index in [-0.39, 0.29) is 0 Å². The number of hydrogen-bond donors (Lipinski definition) is 0. The number of nitrogens with zero attached hydrogens (tertiary/aromatic N) is 3. The maximum absolute atomic E-state index is 13.9. The Hall–Kier alpha value is -2.04. The number of aromatic nitrogens is 2. The average molecular weight is 315 g/mol. The van der Waals surface area contributed by atoms with Gasteiger partial charge in [0.25, 0.3) is 0 Å². The van der Waals surface area contributed by atoms with Crippen LogP contribution in [0.5, 0.6) is 0 Å². The van der Waals surface area contributed by atoms with Crippen molar-refractivity contribution in [3.05, 3.63) is 52.0 Å². The highest BCUT2D eigenvalue weighted by molar-refractivity contribution is 5.52. The molecule has 0 atom stereocenters. The summed E-state index contributed by atoms with van der Waals surface area (Å²) >= 11 is 0. The van der Waals surface area contributed by atoms with Crippen molar-refractivity contribution in [2.24, 2.45) is 0 Å². The van der Waals surface area contributed by atoms with Gasteiger partial charge in [-0.05, 0) is 56.2 Å². The normalized spacial score (nSPS) is 16.9. The lowest BCUT2D eigenvalue weighted by Gasteiger charge is -2.33. The Morgan fingerprint density at radius 2 is 1.83 bits per heavy atom. The fraction of sp³-hybridized carbons (Fsp3) is 0.444. The second kappa shape index (κ2) is 5.55. The molecule has 1 aromatic carbocycles. The molecule has 1 aliphatic heterocycles. The minimum absolute atomic E-state index is 0.430. The molecule has 0 saturated carbocycles. The van der Waals surface area contributed by atoms with Crippen LogP contribution < -0.4 is 4.90 Å². The molecule has 1 aliphatic carbocycles. The van der Waals surface area contributed by atoms with Crippen LogP contribution in [0, 0.1) is 18.6 Å². The highest BCUT2D eigenvalue weighted by Crippen LogP contribution is 2.32. The summed E-state index contributed by atoms with van der Waals surface area (Å²) in [5, 5.41) is 0. The van der Waals surface area contributed by atoms with Crippen molar-refractivity contribution < 1.29 is 8.78 Å². The van der Waals surface area contributed by atoms with Crippen molar-refractivity contribution in [2.45, 2.75) is 45.6 Å². The van der Waals surface area contributed by atoms with E-state index >= 15 is 0 Å². The van der Waals surface area contributed by atoms with E-state index in [9.17, 15) is 8.78 Å². The van der Waals surface area contributed by atoms with E-state index in [2.05, 4.69) is 14.9 Å². The quantitative estimate of drug-likeness (QED) is 0.806. The smallest absolute Gasteiger partial charge is 0.136 e. The van der Waals surface area contributed by atoms with E-state index in [0.717, 1.165) is 48.2 Å². The topological polar surface area (TPSA) is 29.0 Å². The molecule has 120 valence electrons. The molecule has 2 aliphatic rings. The molecule has 0 spiro atoms. The van der Waals surface area contributed by atoms with E-state index < -0.39 is 11.6 Å². The Bertz CT molecular complexity index is 773. The summed E-state index contributed by atoms with van der Waals surface area (Å²) in [5.74, 6) is 0.795. The average Bonchev–Trinajstić information content (AvgIpc) is 2.53. The first-order valence-electron chi connectivity index (χ1n) is 8.20. The van der Waals surface area contributed by atoms with Crippen LogP contribution in [-0.4, -0.2) is 16.5 Å². The second-order valence-corrected chi connectivity index (χ2v) is 6.42. The Morgan fingerprint density at radius 3 is 2.70 bits per heavy atom. The van der Waals surface area contributed by atoms with Gasteiger partial charge in [-0.2, -0.15) is 0 Å². The maximum Gasteiger partial charge on any atom is 0.136 e. The Morgan fingerprint density at radius 1 is 1.00 bits per heavy atom. The highest BCUT2D eigenvalue weighted by Gasteiger charge is 2.25. The fourth-order valence-corrected chi connectivity index (χ4v) is 3.75. The Labute approximate surface area is 134 Å². The first-order valence-corrected chi connectivity index (χ1v) is 8.20. The van der Waals surface area contributed by atoms with Gasteiger partial charge in [0, 0.05) is 30.4 Å². The second-order valence-electron chi connectivity index (χ2n) is 6.42. The lowest BCUT2D eigenvalue weighted by molar-refractivity contribution is 0.554. The minimum atomic E-state index is -0.510. The van der Waals surface area contributed by atoms with Crippen LogP contribution in [0.15, 0.2) is 12.1 Å². The number of benzene rings is 1. The zero-order valence-corrected chi connectivity index (χ0v) is 13.2. The molecule has 5 heteroatoms. The van der Waals surface area contributed by atoms with Gasteiger partial charge in [0.2, 0.25) is 0 Å². The van der Waals surface area contributed by atoms with Crippen LogP contribution in [0.2, 0.25) is 0 Å². The molecule has 4 rings (SSSR count). The van der Waals surface area contributed by atoms with Gasteiger partial charge in [-0.1, -0.05) is 0 Å². The molecule has 0 amide bonds. The van der Waals surface area contributed by atoms with Gasteiger partial charge >= 0.3 is 0 Å². The Kier molecular flexibility index (Phi) is 3.51. The van der Waals surface area contributed by atoms with E-state index in [1.165, 1.54) is 18.1 Å². The van der Waals surface area contributed by atoms with Crippen LogP contribution in [0.25, 0.3) is 0 Å². The molecule has 3 nitrogen and oxygen atoms in total. The van der Waals surface area contributed by atoms with E-state index in [1.54, 1.807) is 0 Å². The van der Waals surface area contributed by atoms with E-state index in [0.29, 0.717) is 25.1 Å². The standard InChI is InChI=1S/C18H19F2N3/c1-11-21-17-5-3-2-4-15(17)18(22-11)23-7-6-14-12(10-23)8-13(19)9-16(14)20/h8-9H,2-7,10H2,1H3. The summed E-state index contributed by atoms with van der Waals surface area (Å²) in [7, 11) is 0. The molecule has 0 radical (unpaired) electrons. The molecule has 0 fully saturated rings. The molecule has 0 N–H and O–H groups in total. The van der Waals surface area contributed by atoms with Gasteiger partial charge < -0.3 is 4.90 Å². The molecule has 1 aromatic heterocycles. The molecular weight excluding hydrogens is 296 g/mol. The zero-order valence-electron chi connectivity index (χ0n) is 13.2.